The minimum absolute atomic E-state index is 0.107. The molecule has 0 saturated carbocycles. The van der Waals surface area contributed by atoms with Gasteiger partial charge in [-0.15, -0.1) is 0 Å². The van der Waals surface area contributed by atoms with Crippen molar-refractivity contribution in [1.82, 2.24) is 14.7 Å². The number of hydrogen-bond acceptors (Lipinski definition) is 4. The van der Waals surface area contributed by atoms with Crippen LogP contribution in [0.2, 0.25) is 0 Å². The number of nitrogens with zero attached hydrogens (tertiary/aromatic N) is 3. The summed E-state index contributed by atoms with van der Waals surface area (Å²) in [6.07, 6.45) is 4.47. The Morgan fingerprint density at radius 1 is 1.00 bits per heavy atom. The summed E-state index contributed by atoms with van der Waals surface area (Å²) in [6.45, 7) is 6.51. The fourth-order valence-electron chi connectivity index (χ4n) is 3.60. The molecule has 24 heavy (non-hydrogen) atoms. The average Bonchev–Trinajstić information content (AvgIpc) is 2.79. The molecule has 136 valence electrons. The van der Waals surface area contributed by atoms with E-state index in [-0.39, 0.29) is 18.5 Å². The zero-order valence-electron chi connectivity index (χ0n) is 14.9. The van der Waals surface area contributed by atoms with Crippen LogP contribution in [0.25, 0.3) is 0 Å². The van der Waals surface area contributed by atoms with Crippen LogP contribution in [0.3, 0.4) is 0 Å². The molecule has 7 heteroatoms. The lowest BCUT2D eigenvalue weighted by molar-refractivity contribution is -0.154. The van der Waals surface area contributed by atoms with Gasteiger partial charge in [-0.2, -0.15) is 0 Å². The van der Waals surface area contributed by atoms with Crippen molar-refractivity contribution in [2.24, 2.45) is 5.73 Å². The van der Waals surface area contributed by atoms with Crippen LogP contribution in [0, 0.1) is 0 Å². The predicted molar refractivity (Wildman–Crippen MR) is 91.1 cm³/mol. The van der Waals surface area contributed by atoms with Gasteiger partial charge in [0.2, 0.25) is 5.91 Å². The second kappa shape index (κ2) is 8.46. The van der Waals surface area contributed by atoms with Gasteiger partial charge in [0.1, 0.15) is 6.04 Å². The van der Waals surface area contributed by atoms with E-state index in [0.717, 1.165) is 25.7 Å². The van der Waals surface area contributed by atoms with Crippen LogP contribution in [0.1, 0.15) is 46.0 Å². The molecule has 2 heterocycles. The van der Waals surface area contributed by atoms with Crippen molar-refractivity contribution in [3.05, 3.63) is 0 Å². The van der Waals surface area contributed by atoms with Crippen molar-refractivity contribution in [3.63, 3.8) is 0 Å². The van der Waals surface area contributed by atoms with E-state index in [1.165, 1.54) is 4.90 Å². The first-order chi connectivity index (χ1) is 11.5. The summed E-state index contributed by atoms with van der Waals surface area (Å²) in [5.41, 5.74) is 5.99. The first-order valence-corrected chi connectivity index (χ1v) is 9.13. The number of rotatable bonds is 3. The van der Waals surface area contributed by atoms with Crippen molar-refractivity contribution in [1.29, 1.82) is 0 Å². The van der Waals surface area contributed by atoms with Crippen LogP contribution < -0.4 is 5.73 Å². The predicted octanol–water partition coefficient (Wildman–Crippen LogP) is 0.186. The number of carbonyl (C=O) groups excluding carboxylic acids is 3. The highest BCUT2D eigenvalue weighted by atomic mass is 16.2. The largest absolute Gasteiger partial charge is 0.341 e. The summed E-state index contributed by atoms with van der Waals surface area (Å²) >= 11 is 0. The summed E-state index contributed by atoms with van der Waals surface area (Å²) in [5, 5.41) is 0. The lowest BCUT2D eigenvalue weighted by Crippen LogP contribution is -2.52. The molecule has 2 N–H and O–H groups in total. The number of carbonyl (C=O) groups is 3. The Balaban J connectivity index is 2.10. The fourth-order valence-corrected chi connectivity index (χ4v) is 3.60. The van der Waals surface area contributed by atoms with Crippen LogP contribution >= 0.6 is 0 Å². The number of likely N-dealkylation sites (N-methyl/N-ethyl adjacent to an activating group) is 1. The van der Waals surface area contributed by atoms with E-state index in [9.17, 15) is 14.4 Å². The lowest BCUT2D eigenvalue weighted by Gasteiger charge is -2.30. The molecule has 2 aliphatic rings. The van der Waals surface area contributed by atoms with Gasteiger partial charge < -0.3 is 20.4 Å². The molecule has 0 spiro atoms. The van der Waals surface area contributed by atoms with Gasteiger partial charge in [0.05, 0.1) is 0 Å². The van der Waals surface area contributed by atoms with Crippen molar-refractivity contribution in [2.45, 2.75) is 58.0 Å². The van der Waals surface area contributed by atoms with Crippen LogP contribution in [0.4, 0.5) is 0 Å². The van der Waals surface area contributed by atoms with Gasteiger partial charge in [-0.3, -0.25) is 14.4 Å². The first-order valence-electron chi connectivity index (χ1n) is 9.13. The third-order valence-electron chi connectivity index (χ3n) is 5.03. The Kier molecular flexibility index (Phi) is 6.60. The molecule has 2 fully saturated rings. The molecule has 3 amide bonds. The Labute approximate surface area is 144 Å². The van der Waals surface area contributed by atoms with Crippen LogP contribution in [0.5, 0.6) is 0 Å². The summed E-state index contributed by atoms with van der Waals surface area (Å²) in [7, 11) is 0. The Hall–Kier alpha value is -1.63. The van der Waals surface area contributed by atoms with Gasteiger partial charge in [0, 0.05) is 38.8 Å². The summed E-state index contributed by atoms with van der Waals surface area (Å²) < 4.78 is 0. The summed E-state index contributed by atoms with van der Waals surface area (Å²) in [5.74, 6) is -1.16. The van der Waals surface area contributed by atoms with E-state index in [0.29, 0.717) is 32.6 Å². The van der Waals surface area contributed by atoms with Gasteiger partial charge in [0.15, 0.2) is 0 Å². The van der Waals surface area contributed by atoms with E-state index in [1.54, 1.807) is 9.80 Å². The quantitative estimate of drug-likeness (QED) is 0.744. The maximum Gasteiger partial charge on any atom is 0.312 e. The van der Waals surface area contributed by atoms with E-state index in [2.05, 4.69) is 0 Å². The topological polar surface area (TPSA) is 87.0 Å². The second-order valence-electron chi connectivity index (χ2n) is 6.69. The third-order valence-corrected chi connectivity index (χ3v) is 5.03. The van der Waals surface area contributed by atoms with Crippen molar-refractivity contribution < 1.29 is 14.4 Å². The zero-order chi connectivity index (χ0) is 17.7. The van der Waals surface area contributed by atoms with Crippen LogP contribution in [-0.2, 0) is 14.4 Å². The highest BCUT2D eigenvalue weighted by molar-refractivity contribution is 6.35. The smallest absolute Gasteiger partial charge is 0.312 e. The molecular formula is C17H30N4O3. The molecule has 0 radical (unpaired) electrons. The minimum atomic E-state index is -0.608. The Morgan fingerprint density at radius 2 is 1.58 bits per heavy atom. The minimum Gasteiger partial charge on any atom is -0.341 e. The van der Waals surface area contributed by atoms with Crippen molar-refractivity contribution >= 4 is 17.7 Å². The van der Waals surface area contributed by atoms with Gasteiger partial charge in [-0.05, 0) is 33.1 Å². The molecule has 7 nitrogen and oxygen atoms in total. The van der Waals surface area contributed by atoms with E-state index >= 15 is 0 Å². The van der Waals surface area contributed by atoms with Crippen LogP contribution in [-0.4, -0.2) is 77.2 Å². The molecule has 0 aliphatic carbocycles. The van der Waals surface area contributed by atoms with Gasteiger partial charge in [0.25, 0.3) is 0 Å². The molecule has 2 aliphatic heterocycles. The van der Waals surface area contributed by atoms with E-state index in [1.807, 2.05) is 13.8 Å². The average molecular weight is 338 g/mol. The molecule has 0 unspecified atom stereocenters. The van der Waals surface area contributed by atoms with Gasteiger partial charge in [-0.1, -0.05) is 12.8 Å². The normalized spacial score (nSPS) is 24.6. The van der Waals surface area contributed by atoms with E-state index < -0.39 is 17.9 Å². The number of hydrogen-bond donors (Lipinski definition) is 1. The molecule has 0 bridgehead atoms. The number of likely N-dealkylation sites (tertiary alicyclic amines) is 2. The number of nitrogens with two attached hydrogens (primary N) is 1. The number of amides is 3. The van der Waals surface area contributed by atoms with Gasteiger partial charge in [-0.25, -0.2) is 0 Å². The highest BCUT2D eigenvalue weighted by Gasteiger charge is 2.42. The molecule has 2 saturated heterocycles. The SMILES string of the molecule is CCN(CC)C(=O)[C@@H]1C[C@@H](N)CN1C(=O)C(=O)N1CCCCCC1. The molecule has 0 aromatic rings. The lowest BCUT2D eigenvalue weighted by atomic mass is 10.1. The zero-order valence-corrected chi connectivity index (χ0v) is 14.9. The van der Waals surface area contributed by atoms with Crippen molar-refractivity contribution in [2.75, 3.05) is 32.7 Å². The highest BCUT2D eigenvalue weighted by Crippen LogP contribution is 2.20. The first kappa shape index (κ1) is 18.7. The summed E-state index contributed by atoms with van der Waals surface area (Å²) in [6, 6.07) is -0.862. The summed E-state index contributed by atoms with van der Waals surface area (Å²) in [4.78, 5) is 42.7. The molecule has 0 aromatic heterocycles. The van der Waals surface area contributed by atoms with Crippen molar-refractivity contribution in [3.8, 4) is 0 Å². The molecule has 2 atom stereocenters. The second-order valence-corrected chi connectivity index (χ2v) is 6.69. The monoisotopic (exact) mass is 338 g/mol. The molecule has 2 rings (SSSR count). The van der Waals surface area contributed by atoms with Crippen LogP contribution in [0.15, 0.2) is 0 Å². The molecular weight excluding hydrogens is 308 g/mol. The third kappa shape index (κ3) is 4.06. The molecule has 0 aromatic carbocycles. The maximum atomic E-state index is 12.7. The maximum absolute atomic E-state index is 12.7. The fraction of sp³-hybridized carbons (Fsp3) is 0.824. The van der Waals surface area contributed by atoms with E-state index in [4.69, 9.17) is 5.73 Å². The Morgan fingerprint density at radius 3 is 2.12 bits per heavy atom. The van der Waals surface area contributed by atoms with Gasteiger partial charge >= 0.3 is 11.8 Å². The standard InChI is InChI=1S/C17H30N4O3/c1-3-19(4-2)15(22)14-11-13(18)12-21(14)17(24)16(23)20-9-7-5-6-8-10-20/h13-14H,3-12,18H2,1-2H3/t13-,14+/m1/s1. The Bertz CT molecular complexity index is 470.